The summed E-state index contributed by atoms with van der Waals surface area (Å²) in [5, 5.41) is 1.07. The van der Waals surface area contributed by atoms with Crippen LogP contribution in [0.2, 0.25) is 0 Å². The molecule has 0 aliphatic heterocycles. The maximum atomic E-state index is 13.4. The molecule has 164 valence electrons. The van der Waals surface area contributed by atoms with Gasteiger partial charge in [-0.1, -0.05) is 91.0 Å². The predicted molar refractivity (Wildman–Crippen MR) is 135 cm³/mol. The molecule has 0 N–H and O–H groups in total. The smallest absolute Gasteiger partial charge is 0.312 e. The van der Waals surface area contributed by atoms with Gasteiger partial charge in [0.25, 0.3) is 0 Å². The first kappa shape index (κ1) is 20.4. The van der Waals surface area contributed by atoms with Gasteiger partial charge in [0.15, 0.2) is 0 Å². The Morgan fingerprint density at radius 2 is 1.41 bits per heavy atom. The van der Waals surface area contributed by atoms with E-state index in [1.165, 1.54) is 5.56 Å². The van der Waals surface area contributed by atoms with Gasteiger partial charge >= 0.3 is 5.97 Å². The molecule has 0 fully saturated rings. The van der Waals surface area contributed by atoms with Crippen LogP contribution in [0.15, 0.2) is 115 Å². The number of pyridine rings is 1. The summed E-state index contributed by atoms with van der Waals surface area (Å²) in [5.41, 5.74) is 5.81. The van der Waals surface area contributed by atoms with Crippen LogP contribution in [-0.2, 0) is 16.6 Å². The SMILES string of the molecule is O=C(CC1(Cc2ccccc2)c2ccccc2-c2nc3ccccc3cc21)Oc1ccccc1. The lowest BCUT2D eigenvalue weighted by molar-refractivity contribution is -0.135. The van der Waals surface area contributed by atoms with Gasteiger partial charge in [-0.3, -0.25) is 4.79 Å². The molecule has 3 heteroatoms. The highest BCUT2D eigenvalue weighted by molar-refractivity contribution is 5.90. The zero-order valence-corrected chi connectivity index (χ0v) is 18.6. The molecule has 0 bridgehead atoms. The zero-order chi connectivity index (χ0) is 23.0. The Labute approximate surface area is 198 Å². The second-order valence-electron chi connectivity index (χ2n) is 8.83. The van der Waals surface area contributed by atoms with Crippen LogP contribution in [0.3, 0.4) is 0 Å². The zero-order valence-electron chi connectivity index (χ0n) is 18.6. The molecule has 4 aromatic carbocycles. The number of aromatic nitrogens is 1. The standard InChI is InChI=1S/C31H23NO2/c33-29(34-24-14-5-2-6-15-24)21-31(20-22-11-3-1-4-12-22)26-17-9-8-16-25(26)30-27(31)19-23-13-7-10-18-28(23)32-30/h1-19H,20-21H2. The predicted octanol–water partition coefficient (Wildman–Crippen LogP) is 6.74. The van der Waals surface area contributed by atoms with Crippen molar-refractivity contribution >= 4 is 16.9 Å². The van der Waals surface area contributed by atoms with Crippen molar-refractivity contribution in [2.45, 2.75) is 18.3 Å². The molecule has 1 aliphatic rings. The summed E-state index contributed by atoms with van der Waals surface area (Å²) in [5.74, 6) is 0.309. The van der Waals surface area contributed by atoms with Crippen LogP contribution in [0.4, 0.5) is 0 Å². The van der Waals surface area contributed by atoms with E-state index in [0.717, 1.165) is 33.3 Å². The molecule has 1 atom stereocenters. The molecule has 1 aromatic heterocycles. The Balaban J connectivity index is 1.54. The molecule has 5 aromatic rings. The summed E-state index contributed by atoms with van der Waals surface area (Å²) in [4.78, 5) is 18.5. The number of para-hydroxylation sites is 2. The van der Waals surface area contributed by atoms with E-state index in [-0.39, 0.29) is 12.4 Å². The second kappa shape index (κ2) is 8.27. The van der Waals surface area contributed by atoms with Crippen LogP contribution in [0.1, 0.15) is 23.1 Å². The van der Waals surface area contributed by atoms with E-state index in [1.54, 1.807) is 0 Å². The monoisotopic (exact) mass is 441 g/mol. The summed E-state index contributed by atoms with van der Waals surface area (Å²) in [6, 6.07) is 38.4. The van der Waals surface area contributed by atoms with E-state index in [1.807, 2.05) is 78.9 Å². The number of carbonyl (C=O) groups is 1. The van der Waals surface area contributed by atoms with Crippen molar-refractivity contribution < 1.29 is 9.53 Å². The van der Waals surface area contributed by atoms with Gasteiger partial charge < -0.3 is 4.74 Å². The number of hydrogen-bond donors (Lipinski definition) is 0. The molecule has 1 heterocycles. The largest absolute Gasteiger partial charge is 0.426 e. The van der Waals surface area contributed by atoms with Gasteiger partial charge in [-0.2, -0.15) is 0 Å². The molecule has 0 saturated heterocycles. The number of benzene rings is 4. The lowest BCUT2D eigenvalue weighted by atomic mass is 9.71. The minimum Gasteiger partial charge on any atom is -0.426 e. The first-order chi connectivity index (χ1) is 16.7. The molecule has 1 aliphatic carbocycles. The summed E-state index contributed by atoms with van der Waals surface area (Å²) in [6.07, 6.45) is 0.905. The lowest BCUT2D eigenvalue weighted by Gasteiger charge is -2.31. The summed E-state index contributed by atoms with van der Waals surface area (Å²) in [7, 11) is 0. The Morgan fingerprint density at radius 3 is 2.24 bits per heavy atom. The Kier molecular flexibility index (Phi) is 4.96. The second-order valence-corrected chi connectivity index (χ2v) is 8.83. The molecular formula is C31H23NO2. The lowest BCUT2D eigenvalue weighted by Crippen LogP contribution is -2.33. The maximum absolute atomic E-state index is 13.4. The third-order valence-electron chi connectivity index (χ3n) is 6.71. The van der Waals surface area contributed by atoms with Crippen molar-refractivity contribution in [2.75, 3.05) is 0 Å². The third kappa shape index (κ3) is 3.46. The van der Waals surface area contributed by atoms with Gasteiger partial charge in [-0.05, 0) is 47.4 Å². The Hall–Kier alpha value is -4.24. The number of esters is 1. The van der Waals surface area contributed by atoms with Gasteiger partial charge in [0, 0.05) is 16.4 Å². The molecule has 34 heavy (non-hydrogen) atoms. The fourth-order valence-electron chi connectivity index (χ4n) is 5.23. The topological polar surface area (TPSA) is 39.2 Å². The van der Waals surface area contributed by atoms with Crippen molar-refractivity contribution in [3.05, 3.63) is 132 Å². The van der Waals surface area contributed by atoms with Crippen molar-refractivity contribution in [3.8, 4) is 17.0 Å². The number of ether oxygens (including phenoxy) is 1. The average Bonchev–Trinajstić information content (AvgIpc) is 3.12. The van der Waals surface area contributed by atoms with Crippen LogP contribution in [0, 0.1) is 0 Å². The Morgan fingerprint density at radius 1 is 0.735 bits per heavy atom. The molecule has 0 spiro atoms. The van der Waals surface area contributed by atoms with Crippen molar-refractivity contribution in [3.63, 3.8) is 0 Å². The third-order valence-corrected chi connectivity index (χ3v) is 6.71. The van der Waals surface area contributed by atoms with Crippen molar-refractivity contribution in [2.24, 2.45) is 0 Å². The van der Waals surface area contributed by atoms with Gasteiger partial charge in [0.1, 0.15) is 5.75 Å². The molecular weight excluding hydrogens is 418 g/mol. The quantitative estimate of drug-likeness (QED) is 0.224. The number of rotatable bonds is 5. The van der Waals surface area contributed by atoms with Gasteiger partial charge in [0.2, 0.25) is 0 Å². The minimum atomic E-state index is -0.573. The van der Waals surface area contributed by atoms with Crippen LogP contribution < -0.4 is 4.74 Å². The Bertz CT molecular complexity index is 1490. The van der Waals surface area contributed by atoms with Crippen molar-refractivity contribution in [1.29, 1.82) is 0 Å². The van der Waals surface area contributed by atoms with E-state index < -0.39 is 5.41 Å². The van der Waals surface area contributed by atoms with E-state index in [0.29, 0.717) is 12.2 Å². The minimum absolute atomic E-state index is 0.223. The van der Waals surface area contributed by atoms with Crippen molar-refractivity contribution in [1.82, 2.24) is 4.98 Å². The van der Waals surface area contributed by atoms with Gasteiger partial charge in [-0.15, -0.1) is 0 Å². The van der Waals surface area contributed by atoms with E-state index in [9.17, 15) is 4.79 Å². The maximum Gasteiger partial charge on any atom is 0.312 e. The summed E-state index contributed by atoms with van der Waals surface area (Å²) in [6.45, 7) is 0. The van der Waals surface area contributed by atoms with Crippen LogP contribution in [-0.4, -0.2) is 11.0 Å². The first-order valence-corrected chi connectivity index (χ1v) is 11.5. The van der Waals surface area contributed by atoms with Gasteiger partial charge in [0.05, 0.1) is 17.6 Å². The van der Waals surface area contributed by atoms with E-state index in [2.05, 4.69) is 36.4 Å². The fraction of sp³-hybridized carbons (Fsp3) is 0.0968. The normalized spacial score (nSPS) is 16.1. The fourth-order valence-corrected chi connectivity index (χ4v) is 5.23. The molecule has 6 rings (SSSR count). The molecule has 0 amide bonds. The highest BCUT2D eigenvalue weighted by atomic mass is 16.5. The molecule has 0 radical (unpaired) electrons. The molecule has 0 saturated carbocycles. The van der Waals surface area contributed by atoms with E-state index >= 15 is 0 Å². The summed E-state index contributed by atoms with van der Waals surface area (Å²) < 4.78 is 5.80. The number of nitrogens with zero attached hydrogens (tertiary/aromatic N) is 1. The highest BCUT2D eigenvalue weighted by Crippen LogP contribution is 2.52. The molecule has 1 unspecified atom stereocenters. The van der Waals surface area contributed by atoms with Crippen LogP contribution >= 0.6 is 0 Å². The molecule has 3 nitrogen and oxygen atoms in total. The number of hydrogen-bond acceptors (Lipinski definition) is 3. The highest BCUT2D eigenvalue weighted by Gasteiger charge is 2.46. The van der Waals surface area contributed by atoms with Gasteiger partial charge in [-0.25, -0.2) is 4.98 Å². The van der Waals surface area contributed by atoms with Crippen LogP contribution in [0.5, 0.6) is 5.75 Å². The number of fused-ring (bicyclic) bond motifs is 4. The first-order valence-electron chi connectivity index (χ1n) is 11.5. The van der Waals surface area contributed by atoms with E-state index in [4.69, 9.17) is 9.72 Å². The average molecular weight is 442 g/mol. The van der Waals surface area contributed by atoms with Crippen LogP contribution in [0.25, 0.3) is 22.2 Å². The summed E-state index contributed by atoms with van der Waals surface area (Å²) >= 11 is 0. The number of carbonyl (C=O) groups excluding carboxylic acids is 1.